The van der Waals surface area contributed by atoms with E-state index in [4.69, 9.17) is 11.6 Å². The van der Waals surface area contributed by atoms with Crippen molar-refractivity contribution in [1.29, 1.82) is 0 Å². The Morgan fingerprint density at radius 3 is 2.42 bits per heavy atom. The molecule has 0 fully saturated rings. The highest BCUT2D eigenvalue weighted by atomic mass is 79.9. The van der Waals surface area contributed by atoms with Crippen molar-refractivity contribution in [3.63, 3.8) is 0 Å². The molecule has 2 aromatic rings. The minimum absolute atomic E-state index is 0.344. The maximum Gasteiger partial charge on any atom is 0.137 e. The van der Waals surface area contributed by atoms with Crippen LogP contribution in [0.2, 0.25) is 5.02 Å². The molecular weight excluding hydrogens is 336 g/mol. The molecule has 0 spiro atoms. The van der Waals surface area contributed by atoms with Crippen LogP contribution in [0.1, 0.15) is 17.2 Å². The van der Waals surface area contributed by atoms with Crippen LogP contribution in [0.4, 0.5) is 8.78 Å². The van der Waals surface area contributed by atoms with Gasteiger partial charge in [-0.1, -0.05) is 23.7 Å². The minimum atomic E-state index is -0.396. The number of benzene rings is 2. The van der Waals surface area contributed by atoms with Gasteiger partial charge in [-0.15, -0.1) is 0 Å². The zero-order chi connectivity index (χ0) is 14.0. The van der Waals surface area contributed by atoms with Gasteiger partial charge in [0.25, 0.3) is 0 Å². The molecule has 0 aliphatic carbocycles. The topological polar surface area (TPSA) is 12.0 Å². The van der Waals surface area contributed by atoms with E-state index in [1.165, 1.54) is 12.1 Å². The van der Waals surface area contributed by atoms with Crippen molar-refractivity contribution in [3.8, 4) is 0 Å². The number of halogens is 4. The molecule has 0 saturated heterocycles. The number of hydrogen-bond donors (Lipinski definition) is 1. The summed E-state index contributed by atoms with van der Waals surface area (Å²) >= 11 is 8.87. The van der Waals surface area contributed by atoms with Crippen molar-refractivity contribution < 1.29 is 8.78 Å². The molecule has 19 heavy (non-hydrogen) atoms. The third kappa shape index (κ3) is 3.14. The van der Waals surface area contributed by atoms with Crippen LogP contribution in [0.5, 0.6) is 0 Å². The molecule has 5 heteroatoms. The number of rotatable bonds is 3. The van der Waals surface area contributed by atoms with Gasteiger partial charge in [0, 0.05) is 10.6 Å². The van der Waals surface area contributed by atoms with Gasteiger partial charge in [-0.2, -0.15) is 0 Å². The lowest BCUT2D eigenvalue weighted by Gasteiger charge is -2.18. The van der Waals surface area contributed by atoms with Crippen molar-refractivity contribution in [3.05, 3.63) is 68.7 Å². The summed E-state index contributed by atoms with van der Waals surface area (Å²) in [6.07, 6.45) is 0. The first-order valence-electron chi connectivity index (χ1n) is 5.60. The molecule has 0 heterocycles. The van der Waals surface area contributed by atoms with Gasteiger partial charge in [0.2, 0.25) is 0 Å². The van der Waals surface area contributed by atoms with Gasteiger partial charge in [0.1, 0.15) is 11.6 Å². The molecule has 2 rings (SSSR count). The summed E-state index contributed by atoms with van der Waals surface area (Å²) < 4.78 is 27.5. The molecule has 0 radical (unpaired) electrons. The maximum atomic E-state index is 13.9. The van der Waals surface area contributed by atoms with E-state index in [-0.39, 0.29) is 11.9 Å². The van der Waals surface area contributed by atoms with Crippen LogP contribution in [-0.2, 0) is 0 Å². The monoisotopic (exact) mass is 345 g/mol. The molecule has 2 aromatic carbocycles. The van der Waals surface area contributed by atoms with E-state index in [1.54, 1.807) is 31.3 Å². The minimum Gasteiger partial charge on any atom is -0.309 e. The highest BCUT2D eigenvalue weighted by molar-refractivity contribution is 9.10. The van der Waals surface area contributed by atoms with Crippen molar-refractivity contribution in [2.75, 3.05) is 7.05 Å². The first-order valence-corrected chi connectivity index (χ1v) is 6.77. The van der Waals surface area contributed by atoms with E-state index >= 15 is 0 Å². The van der Waals surface area contributed by atoms with Crippen LogP contribution in [0.15, 0.2) is 40.9 Å². The molecule has 0 amide bonds. The van der Waals surface area contributed by atoms with Gasteiger partial charge in [-0.05, 0) is 52.8 Å². The smallest absolute Gasteiger partial charge is 0.137 e. The molecule has 1 N–H and O–H groups in total. The summed E-state index contributed by atoms with van der Waals surface area (Å²) in [5, 5.41) is 3.36. The lowest BCUT2D eigenvalue weighted by atomic mass is 9.98. The van der Waals surface area contributed by atoms with Gasteiger partial charge in [0.15, 0.2) is 0 Å². The molecule has 0 aromatic heterocycles. The third-order valence-electron chi connectivity index (χ3n) is 2.84. The summed E-state index contributed by atoms with van der Waals surface area (Å²) in [4.78, 5) is 0. The van der Waals surface area contributed by atoms with Crippen LogP contribution < -0.4 is 5.32 Å². The van der Waals surface area contributed by atoms with Crippen LogP contribution in [0.3, 0.4) is 0 Å². The molecule has 1 unspecified atom stereocenters. The van der Waals surface area contributed by atoms with Gasteiger partial charge >= 0.3 is 0 Å². The van der Waals surface area contributed by atoms with E-state index in [2.05, 4.69) is 21.2 Å². The highest BCUT2D eigenvalue weighted by Crippen LogP contribution is 2.28. The van der Waals surface area contributed by atoms with Crippen molar-refractivity contribution in [2.24, 2.45) is 0 Å². The zero-order valence-corrected chi connectivity index (χ0v) is 12.4. The number of nitrogens with one attached hydrogen (secondary N) is 1. The quantitative estimate of drug-likeness (QED) is 0.850. The Bertz CT molecular complexity index is 604. The summed E-state index contributed by atoms with van der Waals surface area (Å²) in [5.41, 5.74) is 1.22. The first kappa shape index (κ1) is 14.4. The Morgan fingerprint density at radius 2 is 1.84 bits per heavy atom. The van der Waals surface area contributed by atoms with Gasteiger partial charge in [0.05, 0.1) is 10.5 Å². The summed E-state index contributed by atoms with van der Waals surface area (Å²) in [6.45, 7) is 0. The average Bonchev–Trinajstić information content (AvgIpc) is 2.37. The van der Waals surface area contributed by atoms with E-state index in [9.17, 15) is 8.78 Å². The summed E-state index contributed by atoms with van der Waals surface area (Å²) in [5.74, 6) is -0.748. The average molecular weight is 347 g/mol. The van der Waals surface area contributed by atoms with E-state index in [1.807, 2.05) is 0 Å². The van der Waals surface area contributed by atoms with Crippen molar-refractivity contribution in [1.82, 2.24) is 5.32 Å². The maximum absolute atomic E-state index is 13.9. The molecule has 1 atom stereocenters. The lowest BCUT2D eigenvalue weighted by Crippen LogP contribution is -2.19. The van der Waals surface area contributed by atoms with Crippen LogP contribution >= 0.6 is 27.5 Å². The Morgan fingerprint density at radius 1 is 1.11 bits per heavy atom. The Labute approximate surface area is 123 Å². The summed E-state index contributed by atoms with van der Waals surface area (Å²) in [6, 6.07) is 8.74. The first-order chi connectivity index (χ1) is 9.02. The molecule has 0 aliphatic heterocycles. The fourth-order valence-electron chi connectivity index (χ4n) is 1.93. The normalized spacial score (nSPS) is 12.5. The van der Waals surface area contributed by atoms with Crippen LogP contribution in [-0.4, -0.2) is 7.05 Å². The largest absolute Gasteiger partial charge is 0.309 e. The Hall–Kier alpha value is -0.970. The molecule has 100 valence electrons. The van der Waals surface area contributed by atoms with E-state index in [0.717, 1.165) is 5.56 Å². The Kier molecular flexibility index (Phi) is 4.55. The predicted octanol–water partition coefficient (Wildman–Crippen LogP) is 4.69. The van der Waals surface area contributed by atoms with Crippen molar-refractivity contribution >= 4 is 27.5 Å². The molecular formula is C14H11BrClF2N. The number of hydrogen-bond acceptors (Lipinski definition) is 1. The molecule has 0 aliphatic rings. The molecule has 0 saturated carbocycles. The predicted molar refractivity (Wildman–Crippen MR) is 76.4 cm³/mol. The van der Waals surface area contributed by atoms with E-state index in [0.29, 0.717) is 15.1 Å². The van der Waals surface area contributed by atoms with Gasteiger partial charge in [-0.25, -0.2) is 8.78 Å². The van der Waals surface area contributed by atoms with Crippen molar-refractivity contribution in [2.45, 2.75) is 6.04 Å². The van der Waals surface area contributed by atoms with Gasteiger partial charge in [-0.3, -0.25) is 0 Å². The van der Waals surface area contributed by atoms with Crippen LogP contribution in [0.25, 0.3) is 0 Å². The molecule has 0 bridgehead atoms. The standard InChI is InChI=1S/C14H11BrClF2N/c1-19-14(8-2-5-12(17)11(15)6-8)10-4-3-9(16)7-13(10)18/h2-7,14,19H,1H3. The lowest BCUT2D eigenvalue weighted by molar-refractivity contribution is 0.574. The fraction of sp³-hybridized carbons (Fsp3) is 0.143. The zero-order valence-electron chi connectivity index (χ0n) is 10.1. The SMILES string of the molecule is CNC(c1ccc(F)c(Br)c1)c1ccc(Cl)cc1F. The molecule has 1 nitrogen and oxygen atoms in total. The third-order valence-corrected chi connectivity index (χ3v) is 3.68. The van der Waals surface area contributed by atoms with E-state index < -0.39 is 5.82 Å². The second kappa shape index (κ2) is 5.99. The van der Waals surface area contributed by atoms with Gasteiger partial charge < -0.3 is 5.32 Å². The summed E-state index contributed by atoms with van der Waals surface area (Å²) in [7, 11) is 1.72. The second-order valence-electron chi connectivity index (χ2n) is 4.06. The highest BCUT2D eigenvalue weighted by Gasteiger charge is 2.17. The fourth-order valence-corrected chi connectivity index (χ4v) is 2.48. The second-order valence-corrected chi connectivity index (χ2v) is 5.35. The Balaban J connectivity index is 2.46. The van der Waals surface area contributed by atoms with Crippen LogP contribution in [0, 0.1) is 11.6 Å².